The molecule has 0 aliphatic rings. The fourth-order valence-electron chi connectivity index (χ4n) is 4.36. The van der Waals surface area contributed by atoms with Crippen LogP contribution in [-0.4, -0.2) is 12.6 Å². The topological polar surface area (TPSA) is 26.3 Å². The van der Waals surface area contributed by atoms with E-state index in [1.165, 1.54) is 135 Å². The average molecular weight is 453 g/mol. The predicted octanol–water partition coefficient (Wildman–Crippen LogP) is 10.6. The van der Waals surface area contributed by atoms with Crippen LogP contribution in [0.3, 0.4) is 0 Å². The first kappa shape index (κ1) is 31.5. The van der Waals surface area contributed by atoms with Crippen LogP contribution >= 0.6 is 0 Å². The number of hydrogen-bond donors (Lipinski definition) is 0. The van der Waals surface area contributed by atoms with Crippen molar-refractivity contribution >= 4 is 5.97 Å². The van der Waals surface area contributed by atoms with Crippen LogP contribution in [0.2, 0.25) is 0 Å². The minimum absolute atomic E-state index is 0.00110. The van der Waals surface area contributed by atoms with Gasteiger partial charge in [-0.1, -0.05) is 156 Å². The van der Waals surface area contributed by atoms with Crippen molar-refractivity contribution in [3.05, 3.63) is 0 Å². The highest BCUT2D eigenvalue weighted by Gasteiger charge is 2.03. The summed E-state index contributed by atoms with van der Waals surface area (Å²) in [7, 11) is 0. The summed E-state index contributed by atoms with van der Waals surface area (Å²) in [5, 5.41) is 0. The Bertz CT molecular complexity index is 364. The van der Waals surface area contributed by atoms with Crippen LogP contribution in [0.4, 0.5) is 0 Å². The fraction of sp³-hybridized carbons (Fsp3) is 0.967. The Balaban J connectivity index is 3.08. The number of esters is 1. The second-order valence-corrected chi connectivity index (χ2v) is 10.6. The van der Waals surface area contributed by atoms with Crippen molar-refractivity contribution in [3.63, 3.8) is 0 Å². The van der Waals surface area contributed by atoms with Gasteiger partial charge in [0.25, 0.3) is 0 Å². The van der Waals surface area contributed by atoms with E-state index in [0.717, 1.165) is 12.8 Å². The van der Waals surface area contributed by atoms with Crippen LogP contribution in [0.5, 0.6) is 0 Å². The maximum atomic E-state index is 11.6. The SMILES string of the molecule is CCCCCCCCCCCCCCCCCCCCCCCCC(=O)OCCC(C)C. The second-order valence-electron chi connectivity index (χ2n) is 10.6. The van der Waals surface area contributed by atoms with Crippen molar-refractivity contribution in [1.82, 2.24) is 0 Å². The van der Waals surface area contributed by atoms with Gasteiger partial charge in [0, 0.05) is 6.42 Å². The first-order valence-electron chi connectivity index (χ1n) is 14.8. The molecule has 0 aromatic heterocycles. The monoisotopic (exact) mass is 452 g/mol. The molecule has 0 N–H and O–H groups in total. The molecule has 2 nitrogen and oxygen atoms in total. The molecule has 2 heteroatoms. The van der Waals surface area contributed by atoms with Crippen LogP contribution in [0.1, 0.15) is 175 Å². The zero-order chi connectivity index (χ0) is 23.5. The summed E-state index contributed by atoms with van der Waals surface area (Å²) < 4.78 is 5.26. The maximum Gasteiger partial charge on any atom is 0.305 e. The molecule has 0 atom stereocenters. The Morgan fingerprint density at radius 2 is 0.844 bits per heavy atom. The third kappa shape index (κ3) is 27.5. The Labute approximate surface area is 203 Å². The summed E-state index contributed by atoms with van der Waals surface area (Å²) in [5.74, 6) is 0.607. The molecule has 0 heterocycles. The first-order valence-corrected chi connectivity index (χ1v) is 14.8. The van der Waals surface area contributed by atoms with E-state index in [9.17, 15) is 4.79 Å². The van der Waals surface area contributed by atoms with Gasteiger partial charge in [-0.25, -0.2) is 0 Å². The molecule has 0 unspecified atom stereocenters. The Morgan fingerprint density at radius 1 is 0.531 bits per heavy atom. The summed E-state index contributed by atoms with van der Waals surface area (Å²) in [6.07, 6.45) is 32.3. The van der Waals surface area contributed by atoms with Crippen LogP contribution in [-0.2, 0) is 9.53 Å². The van der Waals surface area contributed by atoms with Crippen LogP contribution < -0.4 is 0 Å². The number of carbonyl (C=O) groups excluding carboxylic acids is 1. The van der Waals surface area contributed by atoms with Crippen LogP contribution in [0.15, 0.2) is 0 Å². The Kier molecular flexibility index (Phi) is 26.3. The number of unbranched alkanes of at least 4 members (excludes halogenated alkanes) is 21. The summed E-state index contributed by atoms with van der Waals surface area (Å²) in [4.78, 5) is 11.6. The molecular weight excluding hydrogens is 392 g/mol. The van der Waals surface area contributed by atoms with Gasteiger partial charge in [-0.05, 0) is 18.8 Å². The maximum absolute atomic E-state index is 11.6. The van der Waals surface area contributed by atoms with E-state index in [1.807, 2.05) is 0 Å². The highest BCUT2D eigenvalue weighted by Crippen LogP contribution is 2.15. The standard InChI is InChI=1S/C30H60O2/c1-4-5-6-7-8-9-10-11-12-13-14-15-16-17-18-19-20-21-22-23-24-25-26-30(31)32-28-27-29(2)3/h29H,4-28H2,1-3H3. The third-order valence-corrected chi connectivity index (χ3v) is 6.69. The second kappa shape index (κ2) is 26.7. The molecule has 0 spiro atoms. The molecule has 0 aliphatic heterocycles. The lowest BCUT2D eigenvalue weighted by molar-refractivity contribution is -0.144. The van der Waals surface area contributed by atoms with E-state index in [1.54, 1.807) is 0 Å². The van der Waals surface area contributed by atoms with Crippen molar-refractivity contribution in [2.75, 3.05) is 6.61 Å². The lowest BCUT2D eigenvalue weighted by Crippen LogP contribution is -2.07. The van der Waals surface area contributed by atoms with Gasteiger partial charge >= 0.3 is 5.97 Å². The zero-order valence-electron chi connectivity index (χ0n) is 22.6. The molecule has 0 aromatic rings. The van der Waals surface area contributed by atoms with Gasteiger partial charge in [0.1, 0.15) is 0 Å². The zero-order valence-corrected chi connectivity index (χ0v) is 22.6. The van der Waals surface area contributed by atoms with Gasteiger partial charge in [0.05, 0.1) is 6.61 Å². The molecule has 192 valence electrons. The van der Waals surface area contributed by atoms with E-state index in [2.05, 4.69) is 20.8 Å². The number of ether oxygens (including phenoxy) is 1. The van der Waals surface area contributed by atoms with E-state index >= 15 is 0 Å². The van der Waals surface area contributed by atoms with Gasteiger partial charge < -0.3 is 4.74 Å². The van der Waals surface area contributed by atoms with Gasteiger partial charge in [-0.3, -0.25) is 4.79 Å². The van der Waals surface area contributed by atoms with Crippen molar-refractivity contribution in [1.29, 1.82) is 0 Å². The fourth-order valence-corrected chi connectivity index (χ4v) is 4.36. The smallest absolute Gasteiger partial charge is 0.305 e. The molecule has 0 fully saturated rings. The average Bonchev–Trinajstić information content (AvgIpc) is 2.77. The predicted molar refractivity (Wildman–Crippen MR) is 142 cm³/mol. The molecule has 0 bridgehead atoms. The normalized spacial score (nSPS) is 11.4. The van der Waals surface area contributed by atoms with Crippen LogP contribution in [0.25, 0.3) is 0 Å². The van der Waals surface area contributed by atoms with Crippen molar-refractivity contribution in [3.8, 4) is 0 Å². The largest absolute Gasteiger partial charge is 0.466 e. The minimum Gasteiger partial charge on any atom is -0.466 e. The molecule has 0 aliphatic carbocycles. The molecule has 0 saturated heterocycles. The Hall–Kier alpha value is -0.530. The lowest BCUT2D eigenvalue weighted by Gasteiger charge is -2.06. The summed E-state index contributed by atoms with van der Waals surface area (Å²) in [5.41, 5.74) is 0. The molecule has 0 rings (SSSR count). The van der Waals surface area contributed by atoms with E-state index < -0.39 is 0 Å². The number of rotatable bonds is 26. The number of carbonyl (C=O) groups is 1. The molecule has 32 heavy (non-hydrogen) atoms. The summed E-state index contributed by atoms with van der Waals surface area (Å²) >= 11 is 0. The van der Waals surface area contributed by atoms with Crippen LogP contribution in [0, 0.1) is 5.92 Å². The summed E-state index contributed by atoms with van der Waals surface area (Å²) in [6.45, 7) is 7.21. The van der Waals surface area contributed by atoms with Gasteiger partial charge in [0.2, 0.25) is 0 Å². The van der Waals surface area contributed by atoms with Gasteiger partial charge in [0.15, 0.2) is 0 Å². The van der Waals surface area contributed by atoms with Crippen molar-refractivity contribution < 1.29 is 9.53 Å². The third-order valence-electron chi connectivity index (χ3n) is 6.69. The summed E-state index contributed by atoms with van der Waals surface area (Å²) in [6, 6.07) is 0. The molecule has 0 amide bonds. The Morgan fingerprint density at radius 3 is 1.16 bits per heavy atom. The quantitative estimate of drug-likeness (QED) is 0.0963. The number of hydrogen-bond acceptors (Lipinski definition) is 2. The van der Waals surface area contributed by atoms with Crippen molar-refractivity contribution in [2.24, 2.45) is 5.92 Å². The van der Waals surface area contributed by atoms with Gasteiger partial charge in [-0.15, -0.1) is 0 Å². The lowest BCUT2D eigenvalue weighted by atomic mass is 10.0. The van der Waals surface area contributed by atoms with E-state index in [4.69, 9.17) is 4.74 Å². The molecule has 0 saturated carbocycles. The highest BCUT2D eigenvalue weighted by molar-refractivity contribution is 5.69. The van der Waals surface area contributed by atoms with E-state index in [-0.39, 0.29) is 5.97 Å². The highest BCUT2D eigenvalue weighted by atomic mass is 16.5. The van der Waals surface area contributed by atoms with Crippen molar-refractivity contribution in [2.45, 2.75) is 175 Å². The van der Waals surface area contributed by atoms with E-state index in [0.29, 0.717) is 18.9 Å². The minimum atomic E-state index is -0.00110. The van der Waals surface area contributed by atoms with Gasteiger partial charge in [-0.2, -0.15) is 0 Å². The first-order chi connectivity index (χ1) is 15.7. The molecule has 0 aromatic carbocycles. The molecular formula is C30H60O2. The molecule has 0 radical (unpaired) electrons.